The molecule has 1 aromatic carbocycles. The first-order valence-electron chi connectivity index (χ1n) is 9.54. The molecule has 1 aliphatic carbocycles. The minimum Gasteiger partial charge on any atom is -0.400 e. The first-order valence-corrected chi connectivity index (χ1v) is 9.54. The van der Waals surface area contributed by atoms with Crippen LogP contribution in [0.5, 0.6) is 0 Å². The van der Waals surface area contributed by atoms with Gasteiger partial charge in [0.25, 0.3) is 0 Å². The van der Waals surface area contributed by atoms with Gasteiger partial charge in [0.05, 0.1) is 17.8 Å². The van der Waals surface area contributed by atoms with Gasteiger partial charge in [-0.25, -0.2) is 0 Å². The highest BCUT2D eigenvalue weighted by Crippen LogP contribution is 2.40. The number of ether oxygens (including phenoxy) is 1. The molecule has 0 N–H and O–H groups in total. The lowest BCUT2D eigenvalue weighted by Crippen LogP contribution is -2.41. The molecule has 1 unspecified atom stereocenters. The van der Waals surface area contributed by atoms with E-state index in [9.17, 15) is 0 Å². The van der Waals surface area contributed by atoms with Crippen molar-refractivity contribution < 1.29 is 14.0 Å². The molecular weight excluding hydrogens is 311 g/mol. The molecule has 1 atom stereocenters. The number of rotatable bonds is 6. The minimum absolute atomic E-state index is 0.166. The van der Waals surface area contributed by atoms with Gasteiger partial charge in [-0.3, -0.25) is 0 Å². The van der Waals surface area contributed by atoms with E-state index >= 15 is 0 Å². The summed E-state index contributed by atoms with van der Waals surface area (Å²) >= 11 is 0. The minimum atomic E-state index is -0.249. The zero-order valence-electron chi connectivity index (χ0n) is 16.1. The average Bonchev–Trinajstić information content (AvgIpc) is 2.81. The van der Waals surface area contributed by atoms with Crippen LogP contribution in [0.2, 0.25) is 0 Å². The van der Waals surface area contributed by atoms with Crippen molar-refractivity contribution in [2.45, 2.75) is 71.2 Å². The number of allylic oxidation sites excluding steroid dienone is 2. The Kier molecular flexibility index (Phi) is 5.72. The molecule has 2 aliphatic rings. The van der Waals surface area contributed by atoms with Gasteiger partial charge < -0.3 is 14.0 Å². The Hall–Kier alpha value is -1.10. The fourth-order valence-electron chi connectivity index (χ4n) is 3.39. The van der Waals surface area contributed by atoms with E-state index in [1.54, 1.807) is 0 Å². The standard InChI is InChI=1S/C21H31BO3/c1-20(2)21(3,4)25-22(24-20)19-12-10-17(11-13-19)14-15-23-16-18-8-6-5-7-9-18/h5-9,12,17H,10-11,13-16H2,1-4H3. The van der Waals surface area contributed by atoms with Gasteiger partial charge in [0, 0.05) is 6.61 Å². The zero-order chi connectivity index (χ0) is 17.9. The molecule has 0 bridgehead atoms. The van der Waals surface area contributed by atoms with Gasteiger partial charge in [0.1, 0.15) is 0 Å². The summed E-state index contributed by atoms with van der Waals surface area (Å²) in [7, 11) is -0.166. The molecule has 0 saturated carbocycles. The summed E-state index contributed by atoms with van der Waals surface area (Å²) in [6.07, 6.45) is 6.84. The molecule has 25 heavy (non-hydrogen) atoms. The van der Waals surface area contributed by atoms with Gasteiger partial charge in [0.2, 0.25) is 0 Å². The van der Waals surface area contributed by atoms with Gasteiger partial charge in [-0.05, 0) is 70.3 Å². The smallest absolute Gasteiger partial charge is 0.400 e. The zero-order valence-corrected chi connectivity index (χ0v) is 16.1. The third kappa shape index (κ3) is 4.55. The van der Waals surface area contributed by atoms with Gasteiger partial charge in [0.15, 0.2) is 0 Å². The molecule has 0 amide bonds. The fourth-order valence-corrected chi connectivity index (χ4v) is 3.39. The second-order valence-corrected chi connectivity index (χ2v) is 8.33. The van der Waals surface area contributed by atoms with Gasteiger partial charge in [-0.1, -0.05) is 36.4 Å². The van der Waals surface area contributed by atoms with Crippen molar-refractivity contribution in [3.63, 3.8) is 0 Å². The lowest BCUT2D eigenvalue weighted by molar-refractivity contribution is 0.00578. The van der Waals surface area contributed by atoms with E-state index < -0.39 is 0 Å². The predicted octanol–water partition coefficient (Wildman–Crippen LogP) is 4.95. The lowest BCUT2D eigenvalue weighted by atomic mass is 9.70. The number of hydrogen-bond donors (Lipinski definition) is 0. The highest BCUT2D eigenvalue weighted by molar-refractivity contribution is 6.54. The van der Waals surface area contributed by atoms with Crippen LogP contribution < -0.4 is 0 Å². The van der Waals surface area contributed by atoms with E-state index in [1.807, 2.05) is 6.07 Å². The lowest BCUT2D eigenvalue weighted by Gasteiger charge is -2.32. The molecule has 1 heterocycles. The molecule has 1 aliphatic heterocycles. The van der Waals surface area contributed by atoms with Crippen LogP contribution in [-0.2, 0) is 20.7 Å². The quantitative estimate of drug-likeness (QED) is 0.541. The summed E-state index contributed by atoms with van der Waals surface area (Å²) in [5, 5.41) is 0. The summed E-state index contributed by atoms with van der Waals surface area (Å²) in [6, 6.07) is 10.4. The maximum Gasteiger partial charge on any atom is 0.490 e. The number of benzene rings is 1. The van der Waals surface area contributed by atoms with Gasteiger partial charge in [-0.15, -0.1) is 0 Å². The summed E-state index contributed by atoms with van der Waals surface area (Å²) in [4.78, 5) is 0. The van der Waals surface area contributed by atoms with E-state index in [0.29, 0.717) is 12.5 Å². The maximum atomic E-state index is 6.17. The molecule has 0 radical (unpaired) electrons. The molecule has 1 saturated heterocycles. The van der Waals surface area contributed by atoms with Crippen LogP contribution in [0.15, 0.2) is 41.9 Å². The fraction of sp³-hybridized carbons (Fsp3) is 0.619. The summed E-state index contributed by atoms with van der Waals surface area (Å²) in [5.41, 5.74) is 2.07. The SMILES string of the molecule is CC1(C)OB(C2=CCC(CCOCc3ccccc3)CC2)OC1(C)C. The molecule has 1 fully saturated rings. The van der Waals surface area contributed by atoms with Crippen LogP contribution >= 0.6 is 0 Å². The van der Waals surface area contributed by atoms with Crippen LogP contribution in [0.1, 0.15) is 58.9 Å². The summed E-state index contributed by atoms with van der Waals surface area (Å²) in [6.45, 7) is 10.0. The van der Waals surface area contributed by atoms with E-state index in [0.717, 1.165) is 25.9 Å². The highest BCUT2D eigenvalue weighted by atomic mass is 16.7. The molecule has 1 aromatic rings. The largest absolute Gasteiger partial charge is 0.490 e. The van der Waals surface area contributed by atoms with Crippen molar-refractivity contribution in [3.05, 3.63) is 47.4 Å². The van der Waals surface area contributed by atoms with Gasteiger partial charge in [-0.2, -0.15) is 0 Å². The van der Waals surface area contributed by atoms with Crippen molar-refractivity contribution in [1.29, 1.82) is 0 Å². The first kappa shape index (κ1) is 18.7. The van der Waals surface area contributed by atoms with Crippen LogP contribution in [0.25, 0.3) is 0 Å². The maximum absolute atomic E-state index is 6.17. The Morgan fingerprint density at radius 3 is 2.36 bits per heavy atom. The van der Waals surface area contributed by atoms with Crippen molar-refractivity contribution in [3.8, 4) is 0 Å². The summed E-state index contributed by atoms with van der Waals surface area (Å²) in [5.74, 6) is 0.710. The monoisotopic (exact) mass is 342 g/mol. The molecule has 0 spiro atoms. The Labute approximate surface area is 152 Å². The Morgan fingerprint density at radius 2 is 1.76 bits per heavy atom. The normalized spacial score (nSPS) is 25.0. The molecule has 4 heteroatoms. The van der Waals surface area contributed by atoms with Crippen LogP contribution in [0.3, 0.4) is 0 Å². The molecule has 0 aromatic heterocycles. The van der Waals surface area contributed by atoms with E-state index in [2.05, 4.69) is 58.0 Å². The highest BCUT2D eigenvalue weighted by Gasteiger charge is 2.52. The van der Waals surface area contributed by atoms with Crippen molar-refractivity contribution in [2.75, 3.05) is 6.61 Å². The molecule has 3 nitrogen and oxygen atoms in total. The van der Waals surface area contributed by atoms with E-state index in [1.165, 1.54) is 17.5 Å². The second-order valence-electron chi connectivity index (χ2n) is 8.33. The Morgan fingerprint density at radius 1 is 1.08 bits per heavy atom. The van der Waals surface area contributed by atoms with Gasteiger partial charge >= 0.3 is 7.12 Å². The molecule has 136 valence electrons. The van der Waals surface area contributed by atoms with Crippen molar-refractivity contribution >= 4 is 7.12 Å². The predicted molar refractivity (Wildman–Crippen MR) is 102 cm³/mol. The van der Waals surface area contributed by atoms with E-state index in [-0.39, 0.29) is 18.3 Å². The van der Waals surface area contributed by atoms with Crippen molar-refractivity contribution in [1.82, 2.24) is 0 Å². The topological polar surface area (TPSA) is 27.7 Å². The third-order valence-corrected chi connectivity index (χ3v) is 5.89. The van der Waals surface area contributed by atoms with Crippen molar-refractivity contribution in [2.24, 2.45) is 5.92 Å². The van der Waals surface area contributed by atoms with Crippen LogP contribution in [0.4, 0.5) is 0 Å². The van der Waals surface area contributed by atoms with Crippen LogP contribution in [-0.4, -0.2) is 24.9 Å². The Bertz CT molecular complexity index is 578. The first-order chi connectivity index (χ1) is 11.9. The second kappa shape index (κ2) is 7.65. The third-order valence-electron chi connectivity index (χ3n) is 5.89. The Balaban J connectivity index is 1.41. The number of hydrogen-bond acceptors (Lipinski definition) is 3. The summed E-state index contributed by atoms with van der Waals surface area (Å²) < 4.78 is 18.2. The molecular formula is C21H31BO3. The average molecular weight is 342 g/mol. The van der Waals surface area contributed by atoms with Crippen LogP contribution in [0, 0.1) is 5.92 Å². The molecule has 3 rings (SSSR count). The van der Waals surface area contributed by atoms with E-state index in [4.69, 9.17) is 14.0 Å².